The number of likely N-dealkylation sites (N-methyl/N-ethyl adjacent to an activating group) is 1. The summed E-state index contributed by atoms with van der Waals surface area (Å²) in [6.07, 6.45) is 3.92. The molecule has 1 aliphatic rings. The minimum atomic E-state index is -3.95. The largest absolute Gasteiger partial charge is 0.352 e. The van der Waals surface area contributed by atoms with E-state index in [1.807, 2.05) is 0 Å². The Morgan fingerprint density at radius 3 is 2.26 bits per heavy atom. The van der Waals surface area contributed by atoms with Crippen LogP contribution in [0.15, 0.2) is 47.4 Å². The molecule has 0 spiro atoms. The fourth-order valence-electron chi connectivity index (χ4n) is 3.96. The van der Waals surface area contributed by atoms with Crippen LogP contribution in [0.2, 0.25) is 15.1 Å². The molecule has 2 amide bonds. The van der Waals surface area contributed by atoms with Gasteiger partial charge in [-0.15, -0.1) is 0 Å². The van der Waals surface area contributed by atoms with Gasteiger partial charge in [0, 0.05) is 24.7 Å². The number of carbonyl (C=O) groups excluding carboxylic acids is 2. The Hall–Kier alpha value is -1.84. The number of benzene rings is 2. The molecule has 2 aromatic carbocycles. The van der Waals surface area contributed by atoms with Gasteiger partial charge in [-0.1, -0.05) is 53.7 Å². The van der Waals surface area contributed by atoms with Crippen LogP contribution in [-0.4, -0.2) is 55.1 Å². The molecule has 7 nitrogen and oxygen atoms in total. The van der Waals surface area contributed by atoms with E-state index in [1.165, 1.54) is 36.2 Å². The van der Waals surface area contributed by atoms with Crippen LogP contribution in [0.1, 0.15) is 38.2 Å². The first-order chi connectivity index (χ1) is 16.5. The molecule has 3 rings (SSSR count). The Labute approximate surface area is 221 Å². The summed E-state index contributed by atoms with van der Waals surface area (Å²) in [6, 6.07) is 9.90. The maximum absolute atomic E-state index is 13.4. The van der Waals surface area contributed by atoms with Crippen molar-refractivity contribution in [2.75, 3.05) is 13.6 Å². The standard InChI is InChI=1S/C24H28Cl3N3O4S/c1-16(24(32)28-19-5-3-4-6-19)30(14-17-7-12-21(26)22(27)13-17)23(31)15-29(2)35(33,34)20-10-8-18(25)9-11-20/h7-13,16,19H,3-6,14-15H2,1-2H3,(H,28,32)/t16-/m1/s1. The van der Waals surface area contributed by atoms with Crippen LogP contribution in [0.5, 0.6) is 0 Å². The van der Waals surface area contributed by atoms with Gasteiger partial charge in [-0.2, -0.15) is 4.31 Å². The fourth-order valence-corrected chi connectivity index (χ4v) is 5.53. The second-order valence-electron chi connectivity index (χ2n) is 8.65. The van der Waals surface area contributed by atoms with Gasteiger partial charge in [0.2, 0.25) is 21.8 Å². The number of rotatable bonds is 9. The zero-order chi connectivity index (χ0) is 25.8. The van der Waals surface area contributed by atoms with E-state index in [-0.39, 0.29) is 23.4 Å². The predicted octanol–water partition coefficient (Wildman–Crippen LogP) is 4.74. The Kier molecular flexibility index (Phi) is 9.46. The molecule has 0 aliphatic heterocycles. The molecule has 1 saturated carbocycles. The third-order valence-corrected chi connectivity index (χ3v) is 8.89. The van der Waals surface area contributed by atoms with Crippen molar-refractivity contribution in [1.82, 2.24) is 14.5 Å². The minimum absolute atomic E-state index is 0.0141. The molecular weight excluding hydrogens is 533 g/mol. The lowest BCUT2D eigenvalue weighted by Crippen LogP contribution is -2.52. The van der Waals surface area contributed by atoms with Crippen LogP contribution in [0, 0.1) is 0 Å². The summed E-state index contributed by atoms with van der Waals surface area (Å²) < 4.78 is 26.9. The molecule has 35 heavy (non-hydrogen) atoms. The molecule has 0 aromatic heterocycles. The maximum atomic E-state index is 13.4. The highest BCUT2D eigenvalue weighted by molar-refractivity contribution is 7.89. The highest BCUT2D eigenvalue weighted by atomic mass is 35.5. The van der Waals surface area contributed by atoms with Gasteiger partial charge in [-0.05, 0) is 61.7 Å². The van der Waals surface area contributed by atoms with E-state index in [4.69, 9.17) is 34.8 Å². The second kappa shape index (κ2) is 11.9. The van der Waals surface area contributed by atoms with E-state index >= 15 is 0 Å². The van der Waals surface area contributed by atoms with Crippen molar-refractivity contribution in [3.63, 3.8) is 0 Å². The number of sulfonamides is 1. The number of nitrogens with zero attached hydrogens (tertiary/aromatic N) is 2. The zero-order valence-corrected chi connectivity index (χ0v) is 22.6. The van der Waals surface area contributed by atoms with E-state index in [1.54, 1.807) is 25.1 Å². The van der Waals surface area contributed by atoms with Crippen LogP contribution >= 0.6 is 34.8 Å². The van der Waals surface area contributed by atoms with Crippen LogP contribution in [0.25, 0.3) is 0 Å². The van der Waals surface area contributed by atoms with Gasteiger partial charge in [-0.3, -0.25) is 9.59 Å². The van der Waals surface area contributed by atoms with Crippen molar-refractivity contribution in [3.05, 3.63) is 63.1 Å². The lowest BCUT2D eigenvalue weighted by molar-refractivity contribution is -0.140. The molecule has 0 radical (unpaired) electrons. The van der Waals surface area contributed by atoms with Crippen LogP contribution in [0.4, 0.5) is 0 Å². The predicted molar refractivity (Wildman–Crippen MR) is 138 cm³/mol. The van der Waals surface area contributed by atoms with Crippen molar-refractivity contribution in [1.29, 1.82) is 0 Å². The number of hydrogen-bond acceptors (Lipinski definition) is 4. The third-order valence-electron chi connectivity index (χ3n) is 6.09. The first kappa shape index (κ1) is 27.7. The summed E-state index contributed by atoms with van der Waals surface area (Å²) in [7, 11) is -2.62. The molecular formula is C24H28Cl3N3O4S. The summed E-state index contributed by atoms with van der Waals surface area (Å²) in [6.45, 7) is 1.24. The van der Waals surface area contributed by atoms with Gasteiger partial charge >= 0.3 is 0 Å². The van der Waals surface area contributed by atoms with Gasteiger partial charge in [0.1, 0.15) is 6.04 Å². The maximum Gasteiger partial charge on any atom is 0.243 e. The highest BCUT2D eigenvalue weighted by Crippen LogP contribution is 2.24. The molecule has 2 aromatic rings. The van der Waals surface area contributed by atoms with Gasteiger partial charge in [-0.25, -0.2) is 8.42 Å². The quantitative estimate of drug-likeness (QED) is 0.480. The van der Waals surface area contributed by atoms with E-state index in [9.17, 15) is 18.0 Å². The Balaban J connectivity index is 1.81. The lowest BCUT2D eigenvalue weighted by atomic mass is 10.1. The molecule has 1 aliphatic carbocycles. The molecule has 1 atom stereocenters. The molecule has 1 N–H and O–H groups in total. The average Bonchev–Trinajstić information content (AvgIpc) is 3.32. The number of nitrogens with one attached hydrogen (secondary N) is 1. The van der Waals surface area contributed by atoms with Crippen LogP contribution in [-0.2, 0) is 26.2 Å². The third kappa shape index (κ3) is 7.11. The van der Waals surface area contributed by atoms with E-state index in [2.05, 4.69) is 5.32 Å². The second-order valence-corrected chi connectivity index (χ2v) is 11.9. The number of hydrogen-bond donors (Lipinski definition) is 1. The molecule has 1 fully saturated rings. The molecule has 0 saturated heterocycles. The monoisotopic (exact) mass is 559 g/mol. The molecule has 190 valence electrons. The van der Waals surface area contributed by atoms with Gasteiger partial charge in [0.15, 0.2) is 0 Å². The molecule has 11 heteroatoms. The van der Waals surface area contributed by atoms with E-state index in [0.29, 0.717) is 20.6 Å². The van der Waals surface area contributed by atoms with Crippen molar-refractivity contribution in [3.8, 4) is 0 Å². The van der Waals surface area contributed by atoms with Crippen molar-refractivity contribution in [2.45, 2.75) is 56.1 Å². The SMILES string of the molecule is C[C@H](C(=O)NC1CCCC1)N(Cc1ccc(Cl)c(Cl)c1)C(=O)CN(C)S(=O)(=O)c1ccc(Cl)cc1. The first-order valence-corrected chi connectivity index (χ1v) is 13.8. The number of amides is 2. The van der Waals surface area contributed by atoms with Crippen molar-refractivity contribution in [2.24, 2.45) is 0 Å². The first-order valence-electron chi connectivity index (χ1n) is 11.2. The van der Waals surface area contributed by atoms with E-state index in [0.717, 1.165) is 30.0 Å². The Bertz CT molecular complexity index is 1170. The smallest absolute Gasteiger partial charge is 0.243 e. The summed E-state index contributed by atoms with van der Waals surface area (Å²) in [4.78, 5) is 27.8. The highest BCUT2D eigenvalue weighted by Gasteiger charge is 2.31. The summed E-state index contributed by atoms with van der Waals surface area (Å²) >= 11 is 18.0. The topological polar surface area (TPSA) is 86.8 Å². The van der Waals surface area contributed by atoms with Gasteiger partial charge in [0.05, 0.1) is 21.5 Å². The van der Waals surface area contributed by atoms with Crippen molar-refractivity contribution >= 4 is 56.6 Å². The summed E-state index contributed by atoms with van der Waals surface area (Å²) in [5.74, 6) is -0.807. The fraction of sp³-hybridized carbons (Fsp3) is 0.417. The van der Waals surface area contributed by atoms with Crippen LogP contribution in [0.3, 0.4) is 0 Å². The summed E-state index contributed by atoms with van der Waals surface area (Å²) in [5, 5.41) is 4.10. The molecule has 0 bridgehead atoms. The lowest BCUT2D eigenvalue weighted by Gasteiger charge is -2.31. The zero-order valence-electron chi connectivity index (χ0n) is 19.5. The van der Waals surface area contributed by atoms with Crippen molar-refractivity contribution < 1.29 is 18.0 Å². The average molecular weight is 561 g/mol. The number of carbonyl (C=O) groups is 2. The Morgan fingerprint density at radius 1 is 1.03 bits per heavy atom. The Morgan fingerprint density at radius 2 is 1.66 bits per heavy atom. The van der Waals surface area contributed by atoms with Gasteiger partial charge in [0.25, 0.3) is 0 Å². The minimum Gasteiger partial charge on any atom is -0.352 e. The molecule has 0 unspecified atom stereocenters. The van der Waals surface area contributed by atoms with E-state index < -0.39 is 28.5 Å². The van der Waals surface area contributed by atoms with Crippen LogP contribution < -0.4 is 5.32 Å². The van der Waals surface area contributed by atoms with Gasteiger partial charge < -0.3 is 10.2 Å². The molecule has 0 heterocycles. The normalized spacial score (nSPS) is 15.3. The summed E-state index contributed by atoms with van der Waals surface area (Å²) in [5.41, 5.74) is 0.663. The number of halogens is 3.